The van der Waals surface area contributed by atoms with E-state index < -0.39 is 0 Å². The Bertz CT molecular complexity index is 229. The molecule has 0 spiro atoms. The number of nitrogens with one attached hydrogen (secondary N) is 2. The first kappa shape index (κ1) is 11.2. The minimum absolute atomic E-state index is 0.105. The van der Waals surface area contributed by atoms with E-state index in [1.807, 2.05) is 0 Å². The van der Waals surface area contributed by atoms with Gasteiger partial charge in [0.25, 0.3) is 0 Å². The van der Waals surface area contributed by atoms with Gasteiger partial charge in [-0.2, -0.15) is 0 Å². The zero-order valence-electron chi connectivity index (χ0n) is 8.08. The van der Waals surface area contributed by atoms with Gasteiger partial charge >= 0.3 is 6.03 Å². The van der Waals surface area contributed by atoms with Crippen LogP contribution in [0.3, 0.4) is 0 Å². The SMILES string of the molecule is CC(NC(=O)NC1CCOC1)C(N)=S. The lowest BCUT2D eigenvalue weighted by Crippen LogP contribution is -2.49. The second kappa shape index (κ2) is 5.11. The number of carbonyl (C=O) groups excluding carboxylic acids is 1. The molecule has 0 aliphatic carbocycles. The number of hydrogen-bond acceptors (Lipinski definition) is 3. The Hall–Kier alpha value is -0.880. The third kappa shape index (κ3) is 3.47. The number of nitrogens with two attached hydrogens (primary N) is 1. The highest BCUT2D eigenvalue weighted by Gasteiger charge is 2.18. The summed E-state index contributed by atoms with van der Waals surface area (Å²) in [5.41, 5.74) is 5.36. The van der Waals surface area contributed by atoms with Gasteiger partial charge in [-0.15, -0.1) is 0 Å². The summed E-state index contributed by atoms with van der Waals surface area (Å²) in [5.74, 6) is 0. The smallest absolute Gasteiger partial charge is 0.315 e. The average Bonchev–Trinajstić information content (AvgIpc) is 2.56. The zero-order valence-corrected chi connectivity index (χ0v) is 8.89. The number of ether oxygens (including phenoxy) is 1. The molecule has 1 saturated heterocycles. The fourth-order valence-electron chi connectivity index (χ4n) is 1.14. The number of thiocarbonyl (C=S) groups is 1. The normalized spacial score (nSPS) is 22.8. The van der Waals surface area contributed by atoms with Crippen LogP contribution in [0.2, 0.25) is 0 Å². The number of hydrogen-bond donors (Lipinski definition) is 3. The van der Waals surface area contributed by atoms with Crippen LogP contribution in [-0.4, -0.2) is 36.3 Å². The topological polar surface area (TPSA) is 76.4 Å². The first-order valence-corrected chi connectivity index (χ1v) is 4.94. The van der Waals surface area contributed by atoms with E-state index in [2.05, 4.69) is 10.6 Å². The highest BCUT2D eigenvalue weighted by atomic mass is 32.1. The van der Waals surface area contributed by atoms with Crippen LogP contribution in [0, 0.1) is 0 Å². The van der Waals surface area contributed by atoms with Gasteiger partial charge in [-0.3, -0.25) is 0 Å². The van der Waals surface area contributed by atoms with Crippen molar-refractivity contribution in [3.8, 4) is 0 Å². The molecule has 0 radical (unpaired) electrons. The predicted octanol–water partition coefficient (Wildman–Crippen LogP) is -0.251. The summed E-state index contributed by atoms with van der Waals surface area (Å²) in [4.78, 5) is 11.6. The van der Waals surface area contributed by atoms with Gasteiger partial charge in [-0.25, -0.2) is 4.79 Å². The molecule has 1 aliphatic heterocycles. The van der Waals surface area contributed by atoms with Gasteiger partial charge in [0, 0.05) is 6.61 Å². The molecule has 0 aromatic rings. The highest BCUT2D eigenvalue weighted by Crippen LogP contribution is 2.02. The highest BCUT2D eigenvalue weighted by molar-refractivity contribution is 7.80. The maximum atomic E-state index is 11.3. The lowest BCUT2D eigenvalue weighted by molar-refractivity contribution is 0.188. The summed E-state index contributed by atoms with van der Waals surface area (Å²) < 4.78 is 5.12. The average molecular weight is 217 g/mol. The minimum atomic E-state index is -0.285. The molecule has 1 aliphatic rings. The van der Waals surface area contributed by atoms with Crippen molar-refractivity contribution in [1.29, 1.82) is 0 Å². The summed E-state index contributed by atoms with van der Waals surface area (Å²) in [5, 5.41) is 5.41. The second-order valence-corrected chi connectivity index (χ2v) is 3.77. The zero-order chi connectivity index (χ0) is 10.6. The first-order chi connectivity index (χ1) is 6.59. The third-order valence-electron chi connectivity index (χ3n) is 2.04. The van der Waals surface area contributed by atoms with E-state index >= 15 is 0 Å². The molecule has 6 heteroatoms. The molecule has 0 bridgehead atoms. The van der Waals surface area contributed by atoms with Gasteiger partial charge in [0.2, 0.25) is 0 Å². The Balaban J connectivity index is 2.24. The van der Waals surface area contributed by atoms with E-state index in [9.17, 15) is 4.79 Å². The Labute approximate surface area is 88.4 Å². The van der Waals surface area contributed by atoms with Crippen molar-refractivity contribution >= 4 is 23.2 Å². The summed E-state index contributed by atoms with van der Waals surface area (Å²) in [6.07, 6.45) is 0.856. The number of rotatable bonds is 3. The van der Waals surface area contributed by atoms with Gasteiger partial charge < -0.3 is 21.1 Å². The second-order valence-electron chi connectivity index (χ2n) is 3.30. The minimum Gasteiger partial charge on any atom is -0.392 e. The van der Waals surface area contributed by atoms with Crippen LogP contribution in [0.5, 0.6) is 0 Å². The molecule has 0 aromatic carbocycles. The largest absolute Gasteiger partial charge is 0.392 e. The van der Waals surface area contributed by atoms with Crippen LogP contribution < -0.4 is 16.4 Å². The Kier molecular flexibility index (Phi) is 4.09. The van der Waals surface area contributed by atoms with Gasteiger partial charge in [-0.1, -0.05) is 12.2 Å². The fraction of sp³-hybridized carbons (Fsp3) is 0.750. The van der Waals surface area contributed by atoms with E-state index in [1.165, 1.54) is 0 Å². The maximum absolute atomic E-state index is 11.3. The summed E-state index contributed by atoms with van der Waals surface area (Å²) >= 11 is 4.73. The Morgan fingerprint density at radius 2 is 2.43 bits per heavy atom. The number of carbonyl (C=O) groups is 1. The van der Waals surface area contributed by atoms with Crippen molar-refractivity contribution in [3.05, 3.63) is 0 Å². The van der Waals surface area contributed by atoms with Gasteiger partial charge in [0.15, 0.2) is 0 Å². The molecule has 2 amide bonds. The van der Waals surface area contributed by atoms with Gasteiger partial charge in [0.05, 0.1) is 23.7 Å². The molecule has 5 nitrogen and oxygen atoms in total. The van der Waals surface area contributed by atoms with Crippen molar-refractivity contribution in [1.82, 2.24) is 10.6 Å². The third-order valence-corrected chi connectivity index (χ3v) is 2.39. The van der Waals surface area contributed by atoms with Crippen molar-refractivity contribution in [3.63, 3.8) is 0 Å². The Morgan fingerprint density at radius 3 is 2.93 bits per heavy atom. The molecule has 1 heterocycles. The van der Waals surface area contributed by atoms with Crippen LogP contribution in [-0.2, 0) is 4.74 Å². The molecule has 1 rings (SSSR count). The lowest BCUT2D eigenvalue weighted by Gasteiger charge is -2.15. The molecule has 0 aromatic heterocycles. The maximum Gasteiger partial charge on any atom is 0.315 e. The summed E-state index contributed by atoms with van der Waals surface area (Å²) in [6.45, 7) is 3.03. The van der Waals surface area contributed by atoms with Crippen LogP contribution in [0.15, 0.2) is 0 Å². The molecule has 2 atom stereocenters. The molecular formula is C8H15N3O2S. The van der Waals surface area contributed by atoms with E-state index in [1.54, 1.807) is 6.92 Å². The van der Waals surface area contributed by atoms with E-state index in [0.29, 0.717) is 13.2 Å². The molecule has 14 heavy (non-hydrogen) atoms. The van der Waals surface area contributed by atoms with Gasteiger partial charge in [0.1, 0.15) is 0 Å². The monoisotopic (exact) mass is 217 g/mol. The quantitative estimate of drug-likeness (QED) is 0.570. The Morgan fingerprint density at radius 1 is 1.71 bits per heavy atom. The van der Waals surface area contributed by atoms with Crippen LogP contribution >= 0.6 is 12.2 Å². The van der Waals surface area contributed by atoms with Crippen LogP contribution in [0.4, 0.5) is 4.79 Å². The summed E-state index contributed by atoms with van der Waals surface area (Å²) in [7, 11) is 0. The standard InChI is InChI=1S/C8H15N3O2S/c1-5(7(9)14)10-8(12)11-6-2-3-13-4-6/h5-6H,2-4H2,1H3,(H2,9,14)(H2,10,11,12). The van der Waals surface area contributed by atoms with Crippen molar-refractivity contribution in [2.45, 2.75) is 25.4 Å². The molecule has 0 saturated carbocycles. The van der Waals surface area contributed by atoms with E-state index in [4.69, 9.17) is 22.7 Å². The van der Waals surface area contributed by atoms with E-state index in [0.717, 1.165) is 6.42 Å². The summed E-state index contributed by atoms with van der Waals surface area (Å²) in [6, 6.07) is -0.429. The number of amides is 2. The van der Waals surface area contributed by atoms with Crippen molar-refractivity contribution in [2.24, 2.45) is 5.73 Å². The van der Waals surface area contributed by atoms with Gasteiger partial charge in [-0.05, 0) is 13.3 Å². The molecule has 2 unspecified atom stereocenters. The number of urea groups is 1. The lowest BCUT2D eigenvalue weighted by atomic mass is 10.3. The molecule has 80 valence electrons. The van der Waals surface area contributed by atoms with E-state index in [-0.39, 0.29) is 23.1 Å². The fourth-order valence-corrected chi connectivity index (χ4v) is 1.20. The first-order valence-electron chi connectivity index (χ1n) is 4.53. The molecular weight excluding hydrogens is 202 g/mol. The van der Waals surface area contributed by atoms with Crippen molar-refractivity contribution in [2.75, 3.05) is 13.2 Å². The predicted molar refractivity (Wildman–Crippen MR) is 57.1 cm³/mol. The molecule has 4 N–H and O–H groups in total. The van der Waals surface area contributed by atoms with Crippen molar-refractivity contribution < 1.29 is 9.53 Å². The van der Waals surface area contributed by atoms with Crippen LogP contribution in [0.1, 0.15) is 13.3 Å². The molecule has 1 fully saturated rings. The van der Waals surface area contributed by atoms with Crippen LogP contribution in [0.25, 0.3) is 0 Å².